The van der Waals surface area contributed by atoms with Crippen molar-refractivity contribution in [2.75, 3.05) is 0 Å². The summed E-state index contributed by atoms with van der Waals surface area (Å²) in [5, 5.41) is 23.5. The van der Waals surface area contributed by atoms with Crippen LogP contribution in [-0.2, 0) is 22.4 Å². The van der Waals surface area contributed by atoms with Gasteiger partial charge in [0.2, 0.25) is 0 Å². The first-order chi connectivity index (χ1) is 17.2. The van der Waals surface area contributed by atoms with Crippen LogP contribution in [0.5, 0.6) is 11.5 Å². The lowest BCUT2D eigenvalue weighted by Crippen LogP contribution is -2.47. The molecule has 2 atom stereocenters. The maximum atomic E-state index is 12.8. The lowest BCUT2D eigenvalue weighted by atomic mass is 10.0. The number of aliphatic carboxylic acids is 1. The molecular formula is C26H25ClN2O7. The summed E-state index contributed by atoms with van der Waals surface area (Å²) in [6.45, 7) is 3.45. The Bertz CT molecular complexity index is 1510. The predicted molar refractivity (Wildman–Crippen MR) is 135 cm³/mol. The SMILES string of the molecule is CCCc1cc(=O)oc2cc(OC(C)C(=O)NC(Cc3c[nH]c4ccc(O)cc34)C(=O)O)c(Cl)cc12. The van der Waals surface area contributed by atoms with Gasteiger partial charge in [0.25, 0.3) is 5.91 Å². The van der Waals surface area contributed by atoms with Crippen LogP contribution in [-0.4, -0.2) is 39.2 Å². The standard InChI is InChI=1S/C26H25ClN2O7/c1-3-4-14-8-24(31)36-22-11-23(19(27)10-18(14)22)35-13(2)25(32)29-21(26(33)34)7-15-12-28-20-6-5-16(30)9-17(15)20/h5-6,8-13,21,28,30H,3-4,7H2,1-2H3,(H,29,32)(H,33,34). The third kappa shape index (κ3) is 5.31. The number of aryl methyl sites for hydroxylation is 1. The number of nitrogens with one attached hydrogen (secondary N) is 2. The number of aromatic nitrogens is 1. The van der Waals surface area contributed by atoms with Gasteiger partial charge in [0.1, 0.15) is 23.1 Å². The molecule has 0 aliphatic rings. The van der Waals surface area contributed by atoms with Gasteiger partial charge in [-0.25, -0.2) is 9.59 Å². The number of benzene rings is 2. The van der Waals surface area contributed by atoms with Crippen molar-refractivity contribution in [1.29, 1.82) is 0 Å². The average molecular weight is 513 g/mol. The summed E-state index contributed by atoms with van der Waals surface area (Å²) in [5.74, 6) is -1.71. The van der Waals surface area contributed by atoms with Crippen molar-refractivity contribution in [3.63, 3.8) is 0 Å². The minimum Gasteiger partial charge on any atom is -0.508 e. The van der Waals surface area contributed by atoms with Gasteiger partial charge < -0.3 is 29.7 Å². The normalized spacial score (nSPS) is 13.0. The number of carbonyl (C=O) groups excluding carboxylic acids is 1. The molecule has 4 rings (SSSR count). The van der Waals surface area contributed by atoms with Gasteiger partial charge in [-0.05, 0) is 48.7 Å². The van der Waals surface area contributed by atoms with Gasteiger partial charge in [0.15, 0.2) is 6.10 Å². The van der Waals surface area contributed by atoms with Gasteiger partial charge in [-0.15, -0.1) is 0 Å². The first-order valence-corrected chi connectivity index (χ1v) is 11.8. The average Bonchev–Trinajstić information content (AvgIpc) is 3.21. The Morgan fingerprint density at radius 1 is 1.17 bits per heavy atom. The molecule has 36 heavy (non-hydrogen) atoms. The second-order valence-electron chi connectivity index (χ2n) is 8.53. The number of carbonyl (C=O) groups is 2. The summed E-state index contributed by atoms with van der Waals surface area (Å²) in [6, 6.07) is 7.99. The molecule has 0 saturated heterocycles. The minimum atomic E-state index is -1.24. The Balaban J connectivity index is 1.51. The smallest absolute Gasteiger partial charge is 0.336 e. The molecule has 0 aliphatic heterocycles. The molecule has 0 bridgehead atoms. The second-order valence-corrected chi connectivity index (χ2v) is 8.93. The van der Waals surface area contributed by atoms with Gasteiger partial charge in [0.05, 0.1) is 5.02 Å². The van der Waals surface area contributed by atoms with E-state index in [-0.39, 0.29) is 28.5 Å². The van der Waals surface area contributed by atoms with E-state index >= 15 is 0 Å². The fourth-order valence-electron chi connectivity index (χ4n) is 4.08. The van der Waals surface area contributed by atoms with Gasteiger partial charge in [-0.2, -0.15) is 0 Å². The van der Waals surface area contributed by atoms with Crippen LogP contribution in [0.25, 0.3) is 21.9 Å². The molecule has 2 heterocycles. The molecule has 1 amide bonds. The summed E-state index contributed by atoms with van der Waals surface area (Å²) in [4.78, 5) is 39.7. The predicted octanol–water partition coefficient (Wildman–Crippen LogP) is 4.17. The topological polar surface area (TPSA) is 142 Å². The zero-order valence-electron chi connectivity index (χ0n) is 19.6. The summed E-state index contributed by atoms with van der Waals surface area (Å²) >= 11 is 6.39. The van der Waals surface area contributed by atoms with Crippen LogP contribution in [0.1, 0.15) is 31.4 Å². The highest BCUT2D eigenvalue weighted by atomic mass is 35.5. The van der Waals surface area contributed by atoms with Gasteiger partial charge in [-0.1, -0.05) is 24.9 Å². The van der Waals surface area contributed by atoms with Crippen molar-refractivity contribution in [1.82, 2.24) is 10.3 Å². The highest BCUT2D eigenvalue weighted by Gasteiger charge is 2.26. The number of fused-ring (bicyclic) bond motifs is 2. The van der Waals surface area contributed by atoms with Crippen molar-refractivity contribution in [2.24, 2.45) is 0 Å². The van der Waals surface area contributed by atoms with Crippen molar-refractivity contribution in [3.8, 4) is 11.5 Å². The Hall–Kier alpha value is -3.98. The van der Waals surface area contributed by atoms with Crippen molar-refractivity contribution >= 4 is 45.3 Å². The number of phenols is 1. The maximum absolute atomic E-state index is 12.8. The van der Waals surface area contributed by atoms with E-state index in [9.17, 15) is 24.6 Å². The molecule has 10 heteroatoms. The van der Waals surface area contributed by atoms with Gasteiger partial charge >= 0.3 is 11.6 Å². The van der Waals surface area contributed by atoms with Gasteiger partial charge in [0, 0.05) is 41.0 Å². The first kappa shape index (κ1) is 25.1. The van der Waals surface area contributed by atoms with Crippen LogP contribution in [0.15, 0.2) is 51.8 Å². The molecule has 0 saturated carbocycles. The third-order valence-electron chi connectivity index (χ3n) is 5.86. The Kier molecular flexibility index (Phi) is 7.21. The molecule has 9 nitrogen and oxygen atoms in total. The summed E-state index contributed by atoms with van der Waals surface area (Å²) < 4.78 is 11.0. The Labute approximate surface area is 210 Å². The van der Waals surface area contributed by atoms with Crippen LogP contribution in [0.3, 0.4) is 0 Å². The van der Waals surface area contributed by atoms with Crippen LogP contribution < -0.4 is 15.7 Å². The Morgan fingerprint density at radius 3 is 2.67 bits per heavy atom. The van der Waals surface area contributed by atoms with E-state index in [0.717, 1.165) is 17.5 Å². The molecule has 188 valence electrons. The maximum Gasteiger partial charge on any atom is 0.336 e. The lowest BCUT2D eigenvalue weighted by Gasteiger charge is -2.19. The molecule has 0 aliphatic carbocycles. The van der Waals surface area contributed by atoms with Gasteiger partial charge in [-0.3, -0.25) is 4.79 Å². The second kappa shape index (κ2) is 10.3. The van der Waals surface area contributed by atoms with E-state index in [1.165, 1.54) is 31.2 Å². The van der Waals surface area contributed by atoms with E-state index in [1.54, 1.807) is 18.3 Å². The van der Waals surface area contributed by atoms with Crippen LogP contribution >= 0.6 is 11.6 Å². The first-order valence-electron chi connectivity index (χ1n) is 11.4. The number of H-pyrrole nitrogens is 1. The molecule has 2 unspecified atom stereocenters. The highest BCUT2D eigenvalue weighted by molar-refractivity contribution is 6.32. The number of aromatic hydroxyl groups is 1. The summed E-state index contributed by atoms with van der Waals surface area (Å²) in [7, 11) is 0. The fourth-order valence-corrected chi connectivity index (χ4v) is 4.29. The van der Waals surface area contributed by atoms with E-state index in [2.05, 4.69) is 10.3 Å². The molecule has 4 aromatic rings. The van der Waals surface area contributed by atoms with Crippen LogP contribution in [0.4, 0.5) is 0 Å². The van der Waals surface area contributed by atoms with Crippen molar-refractivity contribution in [2.45, 2.75) is 45.3 Å². The molecule has 0 fully saturated rings. The fraction of sp³-hybridized carbons (Fsp3) is 0.269. The zero-order chi connectivity index (χ0) is 26.0. The lowest BCUT2D eigenvalue weighted by molar-refractivity contribution is -0.142. The van der Waals surface area contributed by atoms with E-state index < -0.39 is 29.6 Å². The van der Waals surface area contributed by atoms with E-state index in [4.69, 9.17) is 20.8 Å². The number of phenolic OH excluding ortho intramolecular Hbond substituents is 1. The molecule has 0 spiro atoms. The number of carboxylic acid groups (broad SMARTS) is 1. The number of amides is 1. The monoisotopic (exact) mass is 512 g/mol. The number of carboxylic acids is 1. The number of halogens is 1. The van der Waals surface area contributed by atoms with Crippen LogP contribution in [0.2, 0.25) is 5.02 Å². The van der Waals surface area contributed by atoms with E-state index in [1.807, 2.05) is 6.92 Å². The van der Waals surface area contributed by atoms with Crippen LogP contribution in [0, 0.1) is 0 Å². The number of hydrogen-bond acceptors (Lipinski definition) is 6. The van der Waals surface area contributed by atoms with Crippen molar-refractivity contribution in [3.05, 3.63) is 69.2 Å². The molecule has 0 radical (unpaired) electrons. The minimum absolute atomic E-state index is 0.0145. The molecular weight excluding hydrogens is 488 g/mol. The largest absolute Gasteiger partial charge is 0.508 e. The number of ether oxygens (including phenoxy) is 1. The highest BCUT2D eigenvalue weighted by Crippen LogP contribution is 2.32. The van der Waals surface area contributed by atoms with E-state index in [0.29, 0.717) is 22.8 Å². The number of rotatable bonds is 9. The zero-order valence-corrected chi connectivity index (χ0v) is 20.4. The van der Waals surface area contributed by atoms with Crippen molar-refractivity contribution < 1.29 is 29.0 Å². The molecule has 4 N–H and O–H groups in total. The number of aromatic amines is 1. The summed E-state index contributed by atoms with van der Waals surface area (Å²) in [5.41, 5.74) is 1.94. The quantitative estimate of drug-likeness (QED) is 0.246. The summed E-state index contributed by atoms with van der Waals surface area (Å²) in [6.07, 6.45) is 2.03. The number of hydrogen-bond donors (Lipinski definition) is 4. The Morgan fingerprint density at radius 2 is 1.94 bits per heavy atom. The third-order valence-corrected chi connectivity index (χ3v) is 6.16. The molecule has 2 aromatic heterocycles. The molecule has 2 aromatic carbocycles.